The maximum absolute atomic E-state index is 11.2. The Labute approximate surface area is 81.5 Å². The molecule has 14 heavy (non-hydrogen) atoms. The summed E-state index contributed by atoms with van der Waals surface area (Å²) in [5.74, 6) is -0.0517. The lowest BCUT2D eigenvalue weighted by molar-refractivity contribution is -0.114. The molecule has 1 aromatic heterocycles. The van der Waals surface area contributed by atoms with Crippen LogP contribution in [0.4, 0.5) is 5.82 Å². The van der Waals surface area contributed by atoms with Crippen LogP contribution >= 0.6 is 0 Å². The molecule has 0 atom stereocenters. The molecule has 1 aromatic rings. The average molecular weight is 193 g/mol. The lowest BCUT2D eigenvalue weighted by Gasteiger charge is -2.03. The van der Waals surface area contributed by atoms with Crippen LogP contribution in [-0.2, 0) is 4.79 Å². The van der Waals surface area contributed by atoms with Crippen LogP contribution in [0.1, 0.15) is 17.3 Å². The van der Waals surface area contributed by atoms with E-state index < -0.39 is 0 Å². The van der Waals surface area contributed by atoms with Crippen LogP contribution in [0.2, 0.25) is 0 Å². The van der Waals surface area contributed by atoms with Gasteiger partial charge in [0.2, 0.25) is 5.91 Å². The average Bonchev–Trinajstić information content (AvgIpc) is 2.16. The molecule has 2 amide bonds. The van der Waals surface area contributed by atoms with E-state index >= 15 is 0 Å². The normalized spacial score (nSPS) is 9.29. The summed E-state index contributed by atoms with van der Waals surface area (Å²) in [6, 6.07) is 3.09. The number of aromatic nitrogens is 1. The Balaban J connectivity index is 2.89. The molecule has 74 valence electrons. The first-order chi connectivity index (χ1) is 6.63. The molecule has 0 aliphatic carbocycles. The van der Waals surface area contributed by atoms with Gasteiger partial charge in [0.1, 0.15) is 5.82 Å². The number of nitrogens with one attached hydrogen (secondary N) is 2. The van der Waals surface area contributed by atoms with E-state index in [4.69, 9.17) is 0 Å². The first-order valence-electron chi connectivity index (χ1n) is 4.09. The molecule has 0 aliphatic rings. The SMILES string of the molecule is CNC(=O)c1ccnc(NC(C)=O)c1. The molecule has 5 heteroatoms. The number of amides is 2. The third-order valence-electron chi connectivity index (χ3n) is 1.55. The van der Waals surface area contributed by atoms with Gasteiger partial charge >= 0.3 is 0 Å². The van der Waals surface area contributed by atoms with Gasteiger partial charge in [-0.25, -0.2) is 4.98 Å². The predicted octanol–water partition coefficient (Wildman–Crippen LogP) is 0.400. The van der Waals surface area contributed by atoms with Gasteiger partial charge in [-0.2, -0.15) is 0 Å². The molecule has 0 radical (unpaired) electrons. The van der Waals surface area contributed by atoms with E-state index in [0.29, 0.717) is 11.4 Å². The standard InChI is InChI=1S/C9H11N3O2/c1-6(13)12-8-5-7(3-4-11-8)9(14)10-2/h3-5H,1-2H3,(H,10,14)(H,11,12,13). The number of nitrogens with zero attached hydrogens (tertiary/aromatic N) is 1. The third-order valence-corrected chi connectivity index (χ3v) is 1.55. The molecular formula is C9H11N3O2. The number of pyridine rings is 1. The number of hydrogen-bond acceptors (Lipinski definition) is 3. The Hall–Kier alpha value is -1.91. The van der Waals surface area contributed by atoms with Crippen LogP contribution in [0, 0.1) is 0 Å². The summed E-state index contributed by atoms with van der Waals surface area (Å²) in [6.45, 7) is 1.38. The summed E-state index contributed by atoms with van der Waals surface area (Å²) >= 11 is 0. The molecule has 0 unspecified atom stereocenters. The molecule has 0 saturated heterocycles. The number of anilines is 1. The quantitative estimate of drug-likeness (QED) is 0.714. The van der Waals surface area contributed by atoms with Gasteiger partial charge in [-0.15, -0.1) is 0 Å². The molecular weight excluding hydrogens is 182 g/mol. The minimum absolute atomic E-state index is 0.209. The Bertz CT molecular complexity index is 363. The van der Waals surface area contributed by atoms with Gasteiger partial charge in [-0.05, 0) is 12.1 Å². The molecule has 0 saturated carbocycles. The summed E-state index contributed by atoms with van der Waals surface area (Å²) in [6.07, 6.45) is 1.47. The molecule has 0 bridgehead atoms. The maximum atomic E-state index is 11.2. The van der Waals surface area contributed by atoms with Crippen molar-refractivity contribution in [3.63, 3.8) is 0 Å². The molecule has 0 spiro atoms. The zero-order valence-corrected chi connectivity index (χ0v) is 8.00. The summed E-state index contributed by atoms with van der Waals surface area (Å²) < 4.78 is 0. The van der Waals surface area contributed by atoms with Crippen LogP contribution in [-0.4, -0.2) is 23.8 Å². The maximum Gasteiger partial charge on any atom is 0.251 e. The topological polar surface area (TPSA) is 71.1 Å². The van der Waals surface area contributed by atoms with Gasteiger partial charge < -0.3 is 10.6 Å². The molecule has 0 fully saturated rings. The number of hydrogen-bond donors (Lipinski definition) is 2. The Morgan fingerprint density at radius 1 is 1.43 bits per heavy atom. The lowest BCUT2D eigenvalue weighted by atomic mass is 10.2. The van der Waals surface area contributed by atoms with Crippen molar-refractivity contribution < 1.29 is 9.59 Å². The van der Waals surface area contributed by atoms with Crippen molar-refractivity contribution in [2.24, 2.45) is 0 Å². The highest BCUT2D eigenvalue weighted by atomic mass is 16.2. The van der Waals surface area contributed by atoms with Crippen molar-refractivity contribution >= 4 is 17.6 Å². The fraction of sp³-hybridized carbons (Fsp3) is 0.222. The second-order valence-corrected chi connectivity index (χ2v) is 2.69. The van der Waals surface area contributed by atoms with E-state index in [9.17, 15) is 9.59 Å². The lowest BCUT2D eigenvalue weighted by Crippen LogP contribution is -2.18. The van der Waals surface area contributed by atoms with Crippen LogP contribution in [0.15, 0.2) is 18.3 Å². The number of carbonyl (C=O) groups excluding carboxylic acids is 2. The van der Waals surface area contributed by atoms with Crippen LogP contribution in [0.5, 0.6) is 0 Å². The van der Waals surface area contributed by atoms with Gasteiger partial charge in [0.25, 0.3) is 5.91 Å². The summed E-state index contributed by atoms with van der Waals surface area (Å²) in [5, 5.41) is 4.98. The van der Waals surface area contributed by atoms with Crippen molar-refractivity contribution in [3.8, 4) is 0 Å². The Kier molecular flexibility index (Phi) is 3.17. The smallest absolute Gasteiger partial charge is 0.251 e. The van der Waals surface area contributed by atoms with Crippen molar-refractivity contribution in [1.82, 2.24) is 10.3 Å². The highest BCUT2D eigenvalue weighted by Gasteiger charge is 2.04. The fourth-order valence-corrected chi connectivity index (χ4v) is 0.965. The van der Waals surface area contributed by atoms with Gasteiger partial charge in [-0.1, -0.05) is 0 Å². The minimum atomic E-state index is -0.216. The zero-order chi connectivity index (χ0) is 10.6. The molecule has 0 aromatic carbocycles. The second-order valence-electron chi connectivity index (χ2n) is 2.69. The number of carbonyl (C=O) groups is 2. The highest BCUT2D eigenvalue weighted by molar-refractivity contribution is 5.95. The van der Waals surface area contributed by atoms with E-state index in [1.165, 1.54) is 19.2 Å². The van der Waals surface area contributed by atoms with E-state index in [2.05, 4.69) is 15.6 Å². The monoisotopic (exact) mass is 193 g/mol. The molecule has 5 nitrogen and oxygen atoms in total. The van der Waals surface area contributed by atoms with E-state index in [1.54, 1.807) is 13.1 Å². The van der Waals surface area contributed by atoms with Crippen molar-refractivity contribution in [1.29, 1.82) is 0 Å². The first kappa shape index (κ1) is 10.2. The summed E-state index contributed by atoms with van der Waals surface area (Å²) in [7, 11) is 1.54. The second kappa shape index (κ2) is 4.36. The molecule has 2 N–H and O–H groups in total. The van der Waals surface area contributed by atoms with Crippen molar-refractivity contribution in [2.75, 3.05) is 12.4 Å². The van der Waals surface area contributed by atoms with Crippen LogP contribution < -0.4 is 10.6 Å². The van der Waals surface area contributed by atoms with Gasteiger partial charge in [0, 0.05) is 25.7 Å². The Morgan fingerprint density at radius 2 is 2.14 bits per heavy atom. The largest absolute Gasteiger partial charge is 0.355 e. The van der Waals surface area contributed by atoms with Crippen LogP contribution in [0.25, 0.3) is 0 Å². The fourth-order valence-electron chi connectivity index (χ4n) is 0.965. The predicted molar refractivity (Wildman–Crippen MR) is 51.9 cm³/mol. The van der Waals surface area contributed by atoms with Crippen molar-refractivity contribution in [2.45, 2.75) is 6.92 Å². The van der Waals surface area contributed by atoms with E-state index in [1.807, 2.05) is 0 Å². The molecule has 1 rings (SSSR count). The van der Waals surface area contributed by atoms with Crippen molar-refractivity contribution in [3.05, 3.63) is 23.9 Å². The van der Waals surface area contributed by atoms with Gasteiger partial charge in [-0.3, -0.25) is 9.59 Å². The highest BCUT2D eigenvalue weighted by Crippen LogP contribution is 2.06. The number of rotatable bonds is 2. The Morgan fingerprint density at radius 3 is 2.71 bits per heavy atom. The molecule has 0 aliphatic heterocycles. The summed E-state index contributed by atoms with van der Waals surface area (Å²) in [4.78, 5) is 25.8. The zero-order valence-electron chi connectivity index (χ0n) is 8.00. The van der Waals surface area contributed by atoms with Crippen LogP contribution in [0.3, 0.4) is 0 Å². The first-order valence-corrected chi connectivity index (χ1v) is 4.09. The van der Waals surface area contributed by atoms with Gasteiger partial charge in [0.05, 0.1) is 0 Å². The van der Waals surface area contributed by atoms with E-state index in [0.717, 1.165) is 0 Å². The third kappa shape index (κ3) is 2.55. The van der Waals surface area contributed by atoms with E-state index in [-0.39, 0.29) is 11.8 Å². The molecule has 1 heterocycles. The summed E-state index contributed by atoms with van der Waals surface area (Å²) in [5.41, 5.74) is 0.464. The van der Waals surface area contributed by atoms with Gasteiger partial charge in [0.15, 0.2) is 0 Å². The minimum Gasteiger partial charge on any atom is -0.355 e.